The number of ether oxygens (including phenoxy) is 1. The Labute approximate surface area is 173 Å². The van der Waals surface area contributed by atoms with Gasteiger partial charge in [-0.2, -0.15) is 0 Å². The van der Waals surface area contributed by atoms with Crippen LogP contribution < -0.4 is 10.5 Å². The number of carbonyl (C=O) groups excluding carboxylic acids is 2. The van der Waals surface area contributed by atoms with E-state index in [0.29, 0.717) is 29.4 Å². The normalized spacial score (nSPS) is 19.3. The number of hydrogen-bond donors (Lipinski definition) is 1. The first-order chi connectivity index (χ1) is 13.4. The molecule has 2 amide bonds. The average molecular weight is 422 g/mol. The molecule has 0 saturated carbocycles. The van der Waals surface area contributed by atoms with Crippen LogP contribution in [0, 0.1) is 5.41 Å². The van der Waals surface area contributed by atoms with E-state index in [1.807, 2.05) is 0 Å². The first kappa shape index (κ1) is 20.4. The van der Waals surface area contributed by atoms with Gasteiger partial charge in [0.2, 0.25) is 5.91 Å². The molecule has 8 heteroatoms. The molecule has 1 atom stereocenters. The molecule has 0 unspecified atom stereocenters. The van der Waals surface area contributed by atoms with E-state index in [0.717, 1.165) is 12.8 Å². The predicted molar refractivity (Wildman–Crippen MR) is 108 cm³/mol. The minimum atomic E-state index is -0.561. The summed E-state index contributed by atoms with van der Waals surface area (Å²) >= 11 is 12.0. The van der Waals surface area contributed by atoms with Gasteiger partial charge in [0.15, 0.2) is 0 Å². The molecule has 1 aromatic heterocycles. The fraction of sp³-hybridized carbons (Fsp3) is 0.350. The number of nitrogens with two attached hydrogens (primary N) is 1. The van der Waals surface area contributed by atoms with Gasteiger partial charge in [0.05, 0.1) is 12.2 Å². The third-order valence-electron chi connectivity index (χ3n) is 4.85. The lowest BCUT2D eigenvalue weighted by molar-refractivity contribution is -0.122. The van der Waals surface area contributed by atoms with Crippen LogP contribution in [0.3, 0.4) is 0 Å². The number of nitrogens with zero attached hydrogens (tertiary/aromatic N) is 2. The van der Waals surface area contributed by atoms with Crippen LogP contribution in [0.15, 0.2) is 42.6 Å². The first-order valence-corrected chi connectivity index (χ1v) is 9.71. The van der Waals surface area contributed by atoms with Crippen molar-refractivity contribution in [1.29, 1.82) is 0 Å². The van der Waals surface area contributed by atoms with E-state index in [-0.39, 0.29) is 24.1 Å². The van der Waals surface area contributed by atoms with Gasteiger partial charge < -0.3 is 15.4 Å². The lowest BCUT2D eigenvalue weighted by atomic mass is 9.77. The summed E-state index contributed by atoms with van der Waals surface area (Å²) in [7, 11) is 0. The van der Waals surface area contributed by atoms with Gasteiger partial charge in [-0.3, -0.25) is 9.59 Å². The Morgan fingerprint density at radius 3 is 2.64 bits per heavy atom. The highest BCUT2D eigenvalue weighted by Crippen LogP contribution is 2.35. The lowest BCUT2D eigenvalue weighted by Crippen LogP contribution is -2.50. The Bertz CT molecular complexity index is 860. The maximum Gasteiger partial charge on any atom is 0.257 e. The van der Waals surface area contributed by atoms with Crippen molar-refractivity contribution in [3.8, 4) is 5.75 Å². The molecule has 0 bridgehead atoms. The van der Waals surface area contributed by atoms with Crippen molar-refractivity contribution >= 4 is 35.0 Å². The van der Waals surface area contributed by atoms with Crippen molar-refractivity contribution in [2.75, 3.05) is 19.7 Å². The number of likely N-dealkylation sites (tertiary alicyclic amines) is 1. The van der Waals surface area contributed by atoms with Gasteiger partial charge in [0, 0.05) is 36.1 Å². The molecule has 148 valence electrons. The monoisotopic (exact) mass is 421 g/mol. The molecule has 2 aromatic rings. The zero-order chi connectivity index (χ0) is 20.1. The highest BCUT2D eigenvalue weighted by molar-refractivity contribution is 6.32. The Morgan fingerprint density at radius 1 is 1.21 bits per heavy atom. The third kappa shape index (κ3) is 4.94. The summed E-state index contributed by atoms with van der Waals surface area (Å²) < 4.78 is 5.92. The average Bonchev–Trinajstić information content (AvgIpc) is 2.67. The largest absolute Gasteiger partial charge is 0.493 e. The number of primary amides is 1. The van der Waals surface area contributed by atoms with Crippen molar-refractivity contribution in [3.63, 3.8) is 0 Å². The van der Waals surface area contributed by atoms with Gasteiger partial charge in [-0.15, -0.1) is 0 Å². The number of aromatic nitrogens is 1. The summed E-state index contributed by atoms with van der Waals surface area (Å²) in [5.41, 5.74) is 5.29. The predicted octanol–water partition coefficient (Wildman–Crippen LogP) is 3.57. The maximum absolute atomic E-state index is 12.9. The molecule has 2 N–H and O–H groups in total. The van der Waals surface area contributed by atoms with Crippen molar-refractivity contribution in [3.05, 3.63) is 58.3 Å². The lowest BCUT2D eigenvalue weighted by Gasteiger charge is -2.42. The van der Waals surface area contributed by atoms with Gasteiger partial charge in [-0.05, 0) is 49.2 Å². The van der Waals surface area contributed by atoms with Gasteiger partial charge >= 0.3 is 0 Å². The Hall–Kier alpha value is -2.31. The second kappa shape index (κ2) is 8.80. The third-order valence-corrected chi connectivity index (χ3v) is 5.40. The fourth-order valence-electron chi connectivity index (χ4n) is 3.55. The van der Waals surface area contributed by atoms with Crippen molar-refractivity contribution in [2.45, 2.75) is 19.3 Å². The molecule has 2 heterocycles. The maximum atomic E-state index is 12.9. The number of benzene rings is 1. The topological polar surface area (TPSA) is 85.5 Å². The number of rotatable bonds is 6. The fourth-order valence-corrected chi connectivity index (χ4v) is 3.87. The van der Waals surface area contributed by atoms with E-state index >= 15 is 0 Å². The van der Waals surface area contributed by atoms with Crippen LogP contribution in [-0.4, -0.2) is 41.4 Å². The van der Waals surface area contributed by atoms with E-state index in [2.05, 4.69) is 4.98 Å². The van der Waals surface area contributed by atoms with Crippen LogP contribution in [-0.2, 0) is 4.79 Å². The molecule has 1 fully saturated rings. The van der Waals surface area contributed by atoms with E-state index in [4.69, 9.17) is 33.7 Å². The van der Waals surface area contributed by atoms with Crippen LogP contribution in [0.25, 0.3) is 0 Å². The quantitative estimate of drug-likeness (QED) is 0.722. The van der Waals surface area contributed by atoms with Crippen LogP contribution >= 0.6 is 23.2 Å². The zero-order valence-electron chi connectivity index (χ0n) is 15.2. The van der Waals surface area contributed by atoms with Crippen LogP contribution in [0.5, 0.6) is 5.75 Å². The summed E-state index contributed by atoms with van der Waals surface area (Å²) in [5, 5.41) is 0.776. The zero-order valence-corrected chi connectivity index (χ0v) is 16.7. The Kier molecular flexibility index (Phi) is 6.42. The molecule has 1 aromatic carbocycles. The second-order valence-electron chi connectivity index (χ2n) is 7.06. The molecule has 0 aliphatic carbocycles. The van der Waals surface area contributed by atoms with E-state index in [1.54, 1.807) is 41.3 Å². The van der Waals surface area contributed by atoms with Gasteiger partial charge in [0.1, 0.15) is 10.9 Å². The molecule has 1 aliphatic heterocycles. The summed E-state index contributed by atoms with van der Waals surface area (Å²) in [6.07, 6.45) is 3.13. The summed E-state index contributed by atoms with van der Waals surface area (Å²) in [4.78, 5) is 30.3. The molecule has 1 aliphatic rings. The van der Waals surface area contributed by atoms with Crippen LogP contribution in [0.2, 0.25) is 10.2 Å². The SMILES string of the molecule is NC(=O)C[C@]1(COc2ccc(Cl)cc2)CCCN(C(=O)c2cccnc2Cl)C1. The highest BCUT2D eigenvalue weighted by Gasteiger charge is 2.40. The van der Waals surface area contributed by atoms with Crippen molar-refractivity contribution in [2.24, 2.45) is 11.1 Å². The minimum absolute atomic E-state index is 0.130. The summed E-state index contributed by atoms with van der Waals surface area (Å²) in [6, 6.07) is 10.3. The number of halogens is 2. The number of hydrogen-bond acceptors (Lipinski definition) is 4. The summed E-state index contributed by atoms with van der Waals surface area (Å²) in [6.45, 7) is 1.20. The Morgan fingerprint density at radius 2 is 1.96 bits per heavy atom. The molecule has 6 nitrogen and oxygen atoms in total. The van der Waals surface area contributed by atoms with Crippen molar-refractivity contribution in [1.82, 2.24) is 9.88 Å². The number of piperidine rings is 1. The standard InChI is InChI=1S/C20H21Cl2N3O3/c21-14-4-6-15(7-5-14)28-13-20(11-17(23)26)8-2-10-25(12-20)19(27)16-3-1-9-24-18(16)22/h1,3-7,9H,2,8,10-13H2,(H2,23,26)/t20-/m1/s1. The van der Waals surface area contributed by atoms with Crippen LogP contribution in [0.4, 0.5) is 0 Å². The molecular weight excluding hydrogens is 401 g/mol. The molecular formula is C20H21Cl2N3O3. The van der Waals surface area contributed by atoms with Crippen molar-refractivity contribution < 1.29 is 14.3 Å². The van der Waals surface area contributed by atoms with Crippen LogP contribution in [0.1, 0.15) is 29.6 Å². The van der Waals surface area contributed by atoms with E-state index in [9.17, 15) is 9.59 Å². The molecule has 1 saturated heterocycles. The smallest absolute Gasteiger partial charge is 0.257 e. The van der Waals surface area contributed by atoms with Gasteiger partial charge in [0.25, 0.3) is 5.91 Å². The molecule has 28 heavy (non-hydrogen) atoms. The first-order valence-electron chi connectivity index (χ1n) is 8.95. The highest BCUT2D eigenvalue weighted by atomic mass is 35.5. The number of pyridine rings is 1. The number of carbonyl (C=O) groups is 2. The van der Waals surface area contributed by atoms with Gasteiger partial charge in [-0.25, -0.2) is 4.98 Å². The van der Waals surface area contributed by atoms with E-state index in [1.165, 1.54) is 6.20 Å². The Balaban J connectivity index is 1.77. The molecule has 0 radical (unpaired) electrons. The minimum Gasteiger partial charge on any atom is -0.493 e. The summed E-state index contributed by atoms with van der Waals surface area (Å²) in [5.74, 6) is 0.0125. The number of amides is 2. The molecule has 0 spiro atoms. The second-order valence-corrected chi connectivity index (χ2v) is 7.85. The molecule has 3 rings (SSSR count). The van der Waals surface area contributed by atoms with Gasteiger partial charge in [-0.1, -0.05) is 23.2 Å². The van der Waals surface area contributed by atoms with E-state index < -0.39 is 11.3 Å².